The average Bonchev–Trinajstić information content (AvgIpc) is 1.61. The van der Waals surface area contributed by atoms with E-state index < -0.39 is 0 Å². The first-order chi connectivity index (χ1) is 71.8. The van der Waals surface area contributed by atoms with Gasteiger partial charge in [-0.3, -0.25) is 80.1 Å². The summed E-state index contributed by atoms with van der Waals surface area (Å²) in [5.41, 5.74) is 27.1. The van der Waals surface area contributed by atoms with Crippen molar-refractivity contribution < 1.29 is 0 Å². The molecular formula is C111H123N33O5. The van der Waals surface area contributed by atoms with Crippen LogP contribution in [0.25, 0.3) is 123 Å². The molecule has 26 rings (SSSR count). The number of likely N-dealkylation sites (N-methyl/N-ethyl adjacent to an activating group) is 2. The van der Waals surface area contributed by atoms with E-state index in [1.54, 1.807) is 75.2 Å². The summed E-state index contributed by atoms with van der Waals surface area (Å²) in [5, 5.41) is 31.6. The normalized spacial score (nSPS) is 16.4. The minimum Gasteiger partial charge on any atom is -0.368 e. The van der Waals surface area contributed by atoms with Gasteiger partial charge in [0.25, 0.3) is 27.8 Å². The van der Waals surface area contributed by atoms with Crippen LogP contribution in [0, 0.1) is 55.4 Å². The van der Waals surface area contributed by atoms with Crippen LogP contribution < -0.4 is 62.9 Å². The van der Waals surface area contributed by atoms with E-state index in [4.69, 9.17) is 19.9 Å². The van der Waals surface area contributed by atoms with Crippen molar-refractivity contribution >= 4 is 95.0 Å². The fourth-order valence-corrected chi connectivity index (χ4v) is 21.4. The van der Waals surface area contributed by atoms with E-state index in [0.717, 1.165) is 215 Å². The Balaban J connectivity index is 0.000000105. The van der Waals surface area contributed by atoms with Crippen molar-refractivity contribution in [1.82, 2.24) is 136 Å². The molecule has 20 aromatic rings. The maximum absolute atomic E-state index is 13.0. The Morgan fingerprint density at radius 1 is 0.336 bits per heavy atom. The van der Waals surface area contributed by atoms with Crippen LogP contribution in [0.15, 0.2) is 219 Å². The zero-order valence-electron chi connectivity index (χ0n) is 87.0. The largest absolute Gasteiger partial charge is 0.368 e. The summed E-state index contributed by atoms with van der Waals surface area (Å²) in [6.07, 6.45) is 21.7. The van der Waals surface area contributed by atoms with Crippen LogP contribution in [-0.4, -0.2) is 274 Å². The zero-order chi connectivity index (χ0) is 103. The van der Waals surface area contributed by atoms with Crippen LogP contribution in [0.5, 0.6) is 0 Å². The van der Waals surface area contributed by atoms with Crippen LogP contribution in [0.2, 0.25) is 0 Å². The first-order valence-corrected chi connectivity index (χ1v) is 51.3. The zero-order valence-corrected chi connectivity index (χ0v) is 87.0. The molecule has 0 saturated carbocycles. The van der Waals surface area contributed by atoms with Gasteiger partial charge in [-0.2, -0.15) is 25.5 Å². The van der Waals surface area contributed by atoms with Gasteiger partial charge in [-0.1, -0.05) is 26.0 Å². The van der Waals surface area contributed by atoms with Crippen LogP contribution >= 0.6 is 0 Å². The van der Waals surface area contributed by atoms with E-state index in [1.165, 1.54) is 25.9 Å². The van der Waals surface area contributed by atoms with Crippen LogP contribution in [-0.2, 0) is 14.1 Å². The second-order valence-electron chi connectivity index (χ2n) is 40.7. The first-order valence-electron chi connectivity index (χ1n) is 51.3. The Morgan fingerprint density at radius 2 is 0.691 bits per heavy atom. The number of nitrogens with one attached hydrogen (secondary N) is 2. The molecule has 2 aromatic carbocycles. The van der Waals surface area contributed by atoms with Crippen LogP contribution in [0.1, 0.15) is 85.8 Å². The molecule has 6 fully saturated rings. The highest BCUT2D eigenvalue weighted by Gasteiger charge is 2.36. The molecule has 2 atom stereocenters. The van der Waals surface area contributed by atoms with Crippen molar-refractivity contribution in [1.29, 1.82) is 0 Å². The number of piperazine rings is 2. The van der Waals surface area contributed by atoms with Crippen molar-refractivity contribution in [3.8, 4) is 56.7 Å². The fourth-order valence-electron chi connectivity index (χ4n) is 21.4. The Bertz CT molecular complexity index is 8540. The second-order valence-corrected chi connectivity index (χ2v) is 40.7. The summed E-state index contributed by atoms with van der Waals surface area (Å²) in [5.74, 6) is 0. The smallest absolute Gasteiger partial charge is 0.258 e. The van der Waals surface area contributed by atoms with Gasteiger partial charge in [-0.15, -0.1) is 0 Å². The third kappa shape index (κ3) is 19.7. The highest BCUT2D eigenvalue weighted by atomic mass is 16.1. The molecule has 18 aromatic heterocycles. The quantitative estimate of drug-likeness (QED) is 0.0962. The third-order valence-corrected chi connectivity index (χ3v) is 29.6. The lowest BCUT2D eigenvalue weighted by molar-refractivity contribution is 0.183. The maximum Gasteiger partial charge on any atom is 0.258 e. The molecule has 6 aliphatic heterocycles. The van der Waals surface area contributed by atoms with Gasteiger partial charge in [0.1, 0.15) is 45.3 Å². The Kier molecular flexibility index (Phi) is 26.1. The average molecular weight is 2000 g/mol. The number of hydrogen-bond acceptors (Lipinski definition) is 28. The number of fused-ring (bicyclic) bond motifs is 10. The lowest BCUT2D eigenvalue weighted by Crippen LogP contribution is -2.59. The summed E-state index contributed by atoms with van der Waals surface area (Å²) in [6, 6.07) is 44.4. The molecule has 24 heterocycles. The van der Waals surface area contributed by atoms with Gasteiger partial charge in [0.2, 0.25) is 0 Å². The van der Waals surface area contributed by atoms with Gasteiger partial charge >= 0.3 is 0 Å². The van der Waals surface area contributed by atoms with Gasteiger partial charge in [0, 0.05) is 218 Å². The molecule has 0 bridgehead atoms. The van der Waals surface area contributed by atoms with Crippen molar-refractivity contribution in [2.45, 2.75) is 126 Å². The Morgan fingerprint density at radius 3 is 1.06 bits per heavy atom. The predicted octanol–water partition coefficient (Wildman–Crippen LogP) is 11.3. The molecule has 6 saturated heterocycles. The molecular weight excluding hydrogens is 1880 g/mol. The van der Waals surface area contributed by atoms with Crippen LogP contribution in [0.4, 0.5) is 28.4 Å². The lowest BCUT2D eigenvalue weighted by Gasteiger charge is -2.46. The molecule has 0 spiro atoms. The van der Waals surface area contributed by atoms with E-state index in [9.17, 15) is 24.0 Å². The number of benzene rings is 2. The summed E-state index contributed by atoms with van der Waals surface area (Å²) >= 11 is 0. The van der Waals surface area contributed by atoms with Gasteiger partial charge < -0.3 is 40.0 Å². The first kappa shape index (κ1) is 97.6. The van der Waals surface area contributed by atoms with Crippen molar-refractivity contribution in [3.05, 3.63) is 292 Å². The molecule has 0 unspecified atom stereocenters. The Hall–Kier alpha value is -16.2. The summed E-state index contributed by atoms with van der Waals surface area (Å²) < 4.78 is 17.2. The highest BCUT2D eigenvalue weighted by molar-refractivity contribution is 5.85. The van der Waals surface area contributed by atoms with Crippen molar-refractivity contribution in [2.24, 2.45) is 14.1 Å². The molecule has 2 N–H and O–H groups in total. The predicted molar refractivity (Wildman–Crippen MR) is 585 cm³/mol. The van der Waals surface area contributed by atoms with Gasteiger partial charge in [-0.25, -0.2) is 38.5 Å². The summed E-state index contributed by atoms with van der Waals surface area (Å²) in [6.45, 7) is 40.6. The molecule has 6 aliphatic rings. The molecule has 0 aliphatic carbocycles. The van der Waals surface area contributed by atoms with Crippen molar-refractivity contribution in [3.63, 3.8) is 0 Å². The number of rotatable bonds is 15. The number of nitrogens with zero attached hydrogens (tertiary/aromatic N) is 31. The van der Waals surface area contributed by atoms with E-state index >= 15 is 0 Å². The van der Waals surface area contributed by atoms with Crippen LogP contribution in [0.3, 0.4) is 0 Å². The van der Waals surface area contributed by atoms with Gasteiger partial charge in [0.05, 0.1) is 137 Å². The summed E-state index contributed by atoms with van der Waals surface area (Å²) in [4.78, 5) is 121. The van der Waals surface area contributed by atoms with E-state index in [0.29, 0.717) is 104 Å². The van der Waals surface area contributed by atoms with E-state index in [-0.39, 0.29) is 27.8 Å². The standard InChI is InChI=1S/C23H25N7O.C23H27N7O.2C22H24N6O.C21H23N7O/c1-15-11-30-21(16(2)24-15)9-20(26-30)19-10-23(31)29-14-17(5-6-22(29)25-19)28-12-18(13-28)27-7-3-4-8-27;1-5-27(6-2)18-12-28(13-18)17-7-8-22-25-19(10-23(31)29(22)14-17)20-9-21-16(4)24-15(3)11-30(21)26-20;2*1-14-8-18(27-7-6-23-15(2)11-27)13-28-21(29)10-20(24-22(14)28)16-4-5-19-17(9-16)12-26(3)25-19;1-13-9-28-19(14(2)22-13)7-18(24-28)17-8-21(29)27-12-15(5-6-20(27)23-17)26-10-16(11-26)25(3)4/h5-6,9-11,14,18H,3-4,7-8,12-13H2,1-2H3;7-11,14,18H,5-6,12-13H2,1-4H3;2*4-5,8-10,12-13,15,23H,6-7,11H2,1-3H3;5-9,12,16H,10-11H2,1-4H3/t;;2*15-;/m..10./s1. The topological polar surface area (TPSA) is 348 Å². The van der Waals surface area contributed by atoms with E-state index in [1.807, 2.05) is 216 Å². The number of anilines is 5. The molecule has 0 amide bonds. The summed E-state index contributed by atoms with van der Waals surface area (Å²) in [7, 11) is 7.99. The molecule has 0 radical (unpaired) electrons. The second kappa shape index (κ2) is 39.9. The monoisotopic (exact) mass is 2000 g/mol. The highest BCUT2D eigenvalue weighted by Crippen LogP contribution is 2.34. The molecule has 38 nitrogen and oxygen atoms in total. The number of likely N-dealkylation sites (tertiary alicyclic amines) is 1. The third-order valence-electron chi connectivity index (χ3n) is 29.6. The minimum absolute atomic E-state index is 0.0654. The molecule has 149 heavy (non-hydrogen) atoms. The number of pyridine rings is 5. The van der Waals surface area contributed by atoms with E-state index in [2.05, 4.69) is 155 Å². The number of hydrogen-bond donors (Lipinski definition) is 2. The maximum atomic E-state index is 13.0. The van der Waals surface area contributed by atoms with Gasteiger partial charge in [-0.05, 0) is 224 Å². The Labute approximate surface area is 858 Å². The van der Waals surface area contributed by atoms with Crippen molar-refractivity contribution in [2.75, 3.05) is 143 Å². The SMILES string of the molecule is CCN(CC)C1CN(c2ccc3nc(-c4cc5c(C)nc(C)cn5n4)cc(=O)n3c2)C1.Cc1cc(N2CCN[C@@H](C)C2)cn2c(=O)cc(-c3ccc4nn(C)cc4c3)nc12.Cc1cc(N2CCN[C@H](C)C2)cn2c(=O)cc(-c3ccc4nn(C)cc4c3)nc12.Cc1cn2nc(-c3cc(=O)n4cc(N5CC(N(C)C)C5)ccc4n3)cc2c(C)n1.Cc1cn2nc(-c3cc(=O)n4cc(N5CC(N6CCCC6)C5)ccc4n3)cc2c(C)n1. The number of aryl methyl sites for hydroxylation is 10. The molecule has 762 valence electrons. The molecule has 38 heteroatoms. The van der Waals surface area contributed by atoms with Gasteiger partial charge in [0.15, 0.2) is 0 Å². The number of aromatic nitrogens is 23. The fraction of sp³-hybridized carbons (Fsp3) is 0.351. The lowest BCUT2D eigenvalue weighted by atomic mass is 10.1. The minimum atomic E-state index is -0.111.